The molecule has 0 saturated carbocycles. The maximum Gasteiger partial charge on any atom is 0.416 e. The van der Waals surface area contributed by atoms with Crippen molar-refractivity contribution in [1.29, 1.82) is 0 Å². The van der Waals surface area contributed by atoms with Crippen LogP contribution in [0.4, 0.5) is 18.9 Å². The molecular weight excluding hydrogens is 394 g/mol. The fourth-order valence-electron chi connectivity index (χ4n) is 1.93. The molecule has 0 aliphatic heterocycles. The molecule has 1 amide bonds. The van der Waals surface area contributed by atoms with Gasteiger partial charge < -0.3 is 10.1 Å². The SMILES string of the molecule is C[C@@H](OC(=O)c1cccc(Cl)c1)C(=O)Nc1cc(C(F)(F)F)ccc1Cl. The molecule has 0 bridgehead atoms. The predicted molar refractivity (Wildman–Crippen MR) is 91.4 cm³/mol. The maximum atomic E-state index is 12.8. The third-order valence-electron chi connectivity index (χ3n) is 3.26. The molecule has 1 atom stereocenters. The number of benzene rings is 2. The van der Waals surface area contributed by atoms with E-state index >= 15 is 0 Å². The Kier molecular flexibility index (Phi) is 6.15. The van der Waals surface area contributed by atoms with Crippen LogP contribution in [-0.2, 0) is 15.7 Å². The van der Waals surface area contributed by atoms with E-state index in [4.69, 9.17) is 27.9 Å². The highest BCUT2D eigenvalue weighted by Crippen LogP contribution is 2.33. The van der Waals surface area contributed by atoms with Crippen LogP contribution in [0.3, 0.4) is 0 Å². The summed E-state index contributed by atoms with van der Waals surface area (Å²) in [5.41, 5.74) is -1.08. The normalized spacial score (nSPS) is 12.4. The quantitative estimate of drug-likeness (QED) is 0.711. The maximum absolute atomic E-state index is 12.8. The summed E-state index contributed by atoms with van der Waals surface area (Å²) in [5, 5.41) is 2.45. The van der Waals surface area contributed by atoms with Crippen molar-refractivity contribution in [1.82, 2.24) is 0 Å². The van der Waals surface area contributed by atoms with Gasteiger partial charge in [-0.1, -0.05) is 29.3 Å². The number of halogens is 5. The van der Waals surface area contributed by atoms with E-state index in [1.54, 1.807) is 6.07 Å². The number of anilines is 1. The first-order valence-corrected chi connectivity index (χ1v) is 7.97. The average molecular weight is 406 g/mol. The Morgan fingerprint density at radius 3 is 2.42 bits per heavy atom. The molecule has 9 heteroatoms. The zero-order chi connectivity index (χ0) is 19.5. The Morgan fingerprint density at radius 1 is 1.12 bits per heavy atom. The van der Waals surface area contributed by atoms with Gasteiger partial charge in [0.05, 0.1) is 21.8 Å². The van der Waals surface area contributed by atoms with Crippen LogP contribution in [0.1, 0.15) is 22.8 Å². The summed E-state index contributed by atoms with van der Waals surface area (Å²) in [6, 6.07) is 8.41. The lowest BCUT2D eigenvalue weighted by Crippen LogP contribution is -2.30. The first kappa shape index (κ1) is 20.1. The van der Waals surface area contributed by atoms with Crippen molar-refractivity contribution >= 4 is 40.8 Å². The number of carbonyl (C=O) groups is 2. The van der Waals surface area contributed by atoms with Crippen LogP contribution >= 0.6 is 23.2 Å². The van der Waals surface area contributed by atoms with E-state index in [2.05, 4.69) is 5.32 Å². The molecule has 0 aliphatic rings. The van der Waals surface area contributed by atoms with Crippen LogP contribution in [0.2, 0.25) is 10.0 Å². The molecule has 0 aromatic heterocycles. The van der Waals surface area contributed by atoms with E-state index in [1.165, 1.54) is 25.1 Å². The summed E-state index contributed by atoms with van der Waals surface area (Å²) in [5.74, 6) is -1.63. The Bertz CT molecular complexity index is 840. The predicted octanol–water partition coefficient (Wildman–Crippen LogP) is 5.20. The molecule has 1 N–H and O–H groups in total. The molecule has 0 radical (unpaired) electrons. The number of hydrogen-bond donors (Lipinski definition) is 1. The highest BCUT2D eigenvalue weighted by molar-refractivity contribution is 6.33. The lowest BCUT2D eigenvalue weighted by Gasteiger charge is -2.15. The zero-order valence-electron chi connectivity index (χ0n) is 13.2. The van der Waals surface area contributed by atoms with Gasteiger partial charge in [0.15, 0.2) is 6.10 Å². The van der Waals surface area contributed by atoms with Gasteiger partial charge in [-0.25, -0.2) is 4.79 Å². The smallest absolute Gasteiger partial charge is 0.416 e. The van der Waals surface area contributed by atoms with E-state index in [0.717, 1.165) is 12.1 Å². The largest absolute Gasteiger partial charge is 0.449 e. The Morgan fingerprint density at radius 2 is 1.81 bits per heavy atom. The van der Waals surface area contributed by atoms with E-state index in [1.807, 2.05) is 0 Å². The van der Waals surface area contributed by atoms with Crippen molar-refractivity contribution in [2.24, 2.45) is 0 Å². The summed E-state index contributed by atoms with van der Waals surface area (Å²) in [4.78, 5) is 24.1. The molecule has 0 saturated heterocycles. The fourth-order valence-corrected chi connectivity index (χ4v) is 2.28. The molecule has 4 nitrogen and oxygen atoms in total. The summed E-state index contributed by atoms with van der Waals surface area (Å²) in [6.45, 7) is 1.28. The van der Waals surface area contributed by atoms with E-state index < -0.39 is 29.7 Å². The molecule has 0 heterocycles. The minimum absolute atomic E-state index is 0.0836. The van der Waals surface area contributed by atoms with Crippen molar-refractivity contribution < 1.29 is 27.5 Å². The lowest BCUT2D eigenvalue weighted by molar-refractivity contribution is -0.137. The van der Waals surface area contributed by atoms with Crippen LogP contribution in [0, 0.1) is 0 Å². The van der Waals surface area contributed by atoms with E-state index in [0.29, 0.717) is 11.1 Å². The van der Waals surface area contributed by atoms with Crippen LogP contribution < -0.4 is 5.32 Å². The van der Waals surface area contributed by atoms with Gasteiger partial charge in [0.2, 0.25) is 0 Å². The highest BCUT2D eigenvalue weighted by atomic mass is 35.5. The molecule has 0 spiro atoms. The van der Waals surface area contributed by atoms with E-state index in [-0.39, 0.29) is 16.3 Å². The second-order valence-electron chi connectivity index (χ2n) is 5.24. The summed E-state index contributed by atoms with van der Waals surface area (Å²) in [6.07, 6.45) is -5.86. The highest BCUT2D eigenvalue weighted by Gasteiger charge is 2.31. The van der Waals surface area contributed by atoms with Gasteiger partial charge in [-0.15, -0.1) is 0 Å². The molecular formula is C17H12Cl2F3NO3. The van der Waals surface area contributed by atoms with Crippen molar-refractivity contribution in [3.8, 4) is 0 Å². The Labute approximate surface area is 156 Å². The fraction of sp³-hybridized carbons (Fsp3) is 0.176. The van der Waals surface area contributed by atoms with E-state index in [9.17, 15) is 22.8 Å². The number of carbonyl (C=O) groups excluding carboxylic acids is 2. The monoisotopic (exact) mass is 405 g/mol. The Balaban J connectivity index is 2.08. The van der Waals surface area contributed by atoms with Crippen molar-refractivity contribution in [2.45, 2.75) is 19.2 Å². The minimum Gasteiger partial charge on any atom is -0.449 e. The van der Waals surface area contributed by atoms with Crippen molar-refractivity contribution in [3.63, 3.8) is 0 Å². The van der Waals surface area contributed by atoms with Gasteiger partial charge >= 0.3 is 12.1 Å². The van der Waals surface area contributed by atoms with Crippen LogP contribution in [-0.4, -0.2) is 18.0 Å². The third-order valence-corrected chi connectivity index (χ3v) is 3.83. The molecule has 0 unspecified atom stereocenters. The summed E-state index contributed by atoms with van der Waals surface area (Å²) >= 11 is 11.6. The third kappa shape index (κ3) is 5.12. The number of amides is 1. The van der Waals surface area contributed by atoms with Crippen LogP contribution in [0.5, 0.6) is 0 Å². The zero-order valence-corrected chi connectivity index (χ0v) is 14.7. The molecule has 2 aromatic carbocycles. The summed E-state index contributed by atoms with van der Waals surface area (Å²) < 4.78 is 43.2. The number of hydrogen-bond acceptors (Lipinski definition) is 3. The summed E-state index contributed by atoms with van der Waals surface area (Å²) in [7, 11) is 0. The topological polar surface area (TPSA) is 55.4 Å². The van der Waals surface area contributed by atoms with Gasteiger partial charge in [0.1, 0.15) is 0 Å². The molecule has 0 aliphatic carbocycles. The Hall–Kier alpha value is -2.25. The number of alkyl halides is 3. The number of rotatable bonds is 4. The minimum atomic E-state index is -4.59. The first-order valence-electron chi connectivity index (χ1n) is 7.22. The molecule has 26 heavy (non-hydrogen) atoms. The lowest BCUT2D eigenvalue weighted by atomic mass is 10.2. The van der Waals surface area contributed by atoms with Gasteiger partial charge in [0.25, 0.3) is 5.91 Å². The second-order valence-corrected chi connectivity index (χ2v) is 6.08. The molecule has 2 rings (SSSR count). The van der Waals surface area contributed by atoms with Crippen molar-refractivity contribution in [3.05, 3.63) is 63.6 Å². The first-order chi connectivity index (χ1) is 12.1. The average Bonchev–Trinajstić information content (AvgIpc) is 2.55. The van der Waals surface area contributed by atoms with Gasteiger partial charge in [0, 0.05) is 5.02 Å². The number of nitrogens with one attached hydrogen (secondary N) is 1. The molecule has 0 fully saturated rings. The second kappa shape index (κ2) is 7.97. The molecule has 2 aromatic rings. The van der Waals surface area contributed by atoms with Gasteiger partial charge in [-0.05, 0) is 43.3 Å². The van der Waals surface area contributed by atoms with Crippen molar-refractivity contribution in [2.75, 3.05) is 5.32 Å². The number of esters is 1. The molecule has 138 valence electrons. The van der Waals surface area contributed by atoms with Gasteiger partial charge in [-0.3, -0.25) is 4.79 Å². The number of ether oxygens (including phenoxy) is 1. The van der Waals surface area contributed by atoms with Crippen LogP contribution in [0.25, 0.3) is 0 Å². The standard InChI is InChI=1S/C17H12Cl2F3NO3/c1-9(26-16(25)10-3-2-4-12(18)7-10)15(24)23-14-8-11(17(20,21)22)5-6-13(14)19/h2-9H,1H3,(H,23,24)/t9-/m1/s1. The van der Waals surface area contributed by atoms with Gasteiger partial charge in [-0.2, -0.15) is 13.2 Å². The van der Waals surface area contributed by atoms with Crippen LogP contribution in [0.15, 0.2) is 42.5 Å².